The number of alkyl carbamates (subject to hydrolysis) is 1. The molecule has 2 N–H and O–H groups in total. The molecule has 0 saturated heterocycles. The second-order valence-corrected chi connectivity index (χ2v) is 6.26. The molecule has 1 aromatic carbocycles. The standard InChI is InChI=1S/C16H20ClN3O2/c1-16(2,3)22-15(21)20-10-9-18-13-7-6-12(17)14-11(13)5-4-8-19-14/h4-8,18H,9-10H2,1-3H3,(H,20,21). The summed E-state index contributed by atoms with van der Waals surface area (Å²) in [5.74, 6) is 0. The van der Waals surface area contributed by atoms with Crippen LogP contribution in [0.2, 0.25) is 5.02 Å². The van der Waals surface area contributed by atoms with Crippen molar-refractivity contribution >= 4 is 34.3 Å². The highest BCUT2D eigenvalue weighted by Crippen LogP contribution is 2.27. The molecule has 1 amide bonds. The highest BCUT2D eigenvalue weighted by atomic mass is 35.5. The van der Waals surface area contributed by atoms with Crippen LogP contribution in [0.1, 0.15) is 20.8 Å². The van der Waals surface area contributed by atoms with E-state index in [4.69, 9.17) is 16.3 Å². The average molecular weight is 322 g/mol. The summed E-state index contributed by atoms with van der Waals surface area (Å²) < 4.78 is 5.17. The third-order valence-electron chi connectivity index (χ3n) is 2.83. The summed E-state index contributed by atoms with van der Waals surface area (Å²) in [6.07, 6.45) is 1.29. The van der Waals surface area contributed by atoms with Gasteiger partial charge in [-0.1, -0.05) is 11.6 Å². The van der Waals surface area contributed by atoms with Gasteiger partial charge in [-0.25, -0.2) is 4.79 Å². The van der Waals surface area contributed by atoms with Crippen LogP contribution >= 0.6 is 11.6 Å². The molecular formula is C16H20ClN3O2. The Labute approximate surface area is 135 Å². The number of amides is 1. The summed E-state index contributed by atoms with van der Waals surface area (Å²) in [5, 5.41) is 7.54. The molecule has 22 heavy (non-hydrogen) atoms. The molecular weight excluding hydrogens is 302 g/mol. The molecule has 6 heteroatoms. The number of nitrogens with one attached hydrogen (secondary N) is 2. The molecule has 118 valence electrons. The van der Waals surface area contributed by atoms with Crippen molar-refractivity contribution in [3.05, 3.63) is 35.5 Å². The number of fused-ring (bicyclic) bond motifs is 1. The summed E-state index contributed by atoms with van der Waals surface area (Å²) in [6.45, 7) is 6.52. The minimum Gasteiger partial charge on any atom is -0.444 e. The maximum absolute atomic E-state index is 11.5. The minimum absolute atomic E-state index is 0.420. The van der Waals surface area contributed by atoms with E-state index in [9.17, 15) is 4.79 Å². The molecule has 2 rings (SSSR count). The van der Waals surface area contributed by atoms with Crippen molar-refractivity contribution in [3.63, 3.8) is 0 Å². The molecule has 1 aromatic heterocycles. The molecule has 0 radical (unpaired) electrons. The van der Waals surface area contributed by atoms with E-state index in [1.807, 2.05) is 39.0 Å². The molecule has 0 saturated carbocycles. The third-order valence-corrected chi connectivity index (χ3v) is 3.13. The Kier molecular flexibility index (Phi) is 5.08. The lowest BCUT2D eigenvalue weighted by Gasteiger charge is -2.19. The molecule has 1 heterocycles. The number of nitrogens with zero attached hydrogens (tertiary/aromatic N) is 1. The first-order valence-electron chi connectivity index (χ1n) is 7.11. The molecule has 0 atom stereocenters. The predicted molar refractivity (Wildman–Crippen MR) is 89.5 cm³/mol. The average Bonchev–Trinajstić information content (AvgIpc) is 2.44. The van der Waals surface area contributed by atoms with Gasteiger partial charge in [0.15, 0.2) is 0 Å². The van der Waals surface area contributed by atoms with E-state index in [2.05, 4.69) is 15.6 Å². The molecule has 0 spiro atoms. The van der Waals surface area contributed by atoms with Gasteiger partial charge in [-0.2, -0.15) is 0 Å². The number of pyridine rings is 1. The van der Waals surface area contributed by atoms with E-state index in [1.165, 1.54) is 0 Å². The first-order chi connectivity index (χ1) is 10.4. The largest absolute Gasteiger partial charge is 0.444 e. The smallest absolute Gasteiger partial charge is 0.407 e. The Morgan fingerprint density at radius 3 is 2.77 bits per heavy atom. The molecule has 0 bridgehead atoms. The number of carbonyl (C=O) groups excluding carboxylic acids is 1. The first kappa shape index (κ1) is 16.4. The van der Waals surface area contributed by atoms with Gasteiger partial charge in [0.25, 0.3) is 0 Å². The fraction of sp³-hybridized carbons (Fsp3) is 0.375. The Hall–Kier alpha value is -2.01. The van der Waals surface area contributed by atoms with Crippen molar-refractivity contribution in [2.24, 2.45) is 0 Å². The molecule has 0 unspecified atom stereocenters. The number of hydrogen-bond acceptors (Lipinski definition) is 4. The highest BCUT2D eigenvalue weighted by molar-refractivity contribution is 6.35. The quantitative estimate of drug-likeness (QED) is 0.840. The van der Waals surface area contributed by atoms with Gasteiger partial charge in [0, 0.05) is 30.4 Å². The lowest BCUT2D eigenvalue weighted by atomic mass is 10.2. The monoisotopic (exact) mass is 321 g/mol. The second-order valence-electron chi connectivity index (χ2n) is 5.85. The van der Waals surface area contributed by atoms with Crippen LogP contribution in [0.15, 0.2) is 30.5 Å². The van der Waals surface area contributed by atoms with Gasteiger partial charge in [0.2, 0.25) is 0 Å². The lowest BCUT2D eigenvalue weighted by molar-refractivity contribution is 0.0530. The van der Waals surface area contributed by atoms with Crippen molar-refractivity contribution in [3.8, 4) is 0 Å². The number of hydrogen-bond donors (Lipinski definition) is 2. The minimum atomic E-state index is -0.491. The zero-order valence-corrected chi connectivity index (χ0v) is 13.7. The van der Waals surface area contributed by atoms with Crippen LogP contribution in [0.4, 0.5) is 10.5 Å². The van der Waals surface area contributed by atoms with Gasteiger partial charge in [-0.05, 0) is 45.0 Å². The van der Waals surface area contributed by atoms with E-state index in [0.29, 0.717) is 18.1 Å². The highest BCUT2D eigenvalue weighted by Gasteiger charge is 2.15. The van der Waals surface area contributed by atoms with Crippen molar-refractivity contribution in [1.29, 1.82) is 0 Å². The van der Waals surface area contributed by atoms with Crippen LogP contribution in [0.3, 0.4) is 0 Å². The third kappa shape index (κ3) is 4.49. The summed E-state index contributed by atoms with van der Waals surface area (Å²) in [5.41, 5.74) is 1.20. The number of carbonyl (C=O) groups is 1. The van der Waals surface area contributed by atoms with Gasteiger partial charge in [-0.15, -0.1) is 0 Å². The number of aromatic nitrogens is 1. The van der Waals surface area contributed by atoms with E-state index in [0.717, 1.165) is 16.6 Å². The molecule has 0 aliphatic rings. The van der Waals surface area contributed by atoms with Gasteiger partial charge in [0.1, 0.15) is 5.60 Å². The van der Waals surface area contributed by atoms with Gasteiger partial charge < -0.3 is 15.4 Å². The van der Waals surface area contributed by atoms with E-state index in [1.54, 1.807) is 12.3 Å². The lowest BCUT2D eigenvalue weighted by Crippen LogP contribution is -2.35. The van der Waals surface area contributed by atoms with Crippen molar-refractivity contribution in [1.82, 2.24) is 10.3 Å². The zero-order valence-electron chi connectivity index (χ0n) is 12.9. The number of benzene rings is 1. The normalized spacial score (nSPS) is 11.3. The molecule has 5 nitrogen and oxygen atoms in total. The van der Waals surface area contributed by atoms with Crippen molar-refractivity contribution < 1.29 is 9.53 Å². The molecule has 0 aliphatic carbocycles. The summed E-state index contributed by atoms with van der Waals surface area (Å²) in [4.78, 5) is 15.8. The fourth-order valence-electron chi connectivity index (χ4n) is 1.97. The van der Waals surface area contributed by atoms with E-state index < -0.39 is 11.7 Å². The van der Waals surface area contributed by atoms with Gasteiger partial charge >= 0.3 is 6.09 Å². The maximum atomic E-state index is 11.5. The van der Waals surface area contributed by atoms with Crippen LogP contribution in [0, 0.1) is 0 Å². The molecule has 0 fully saturated rings. The van der Waals surface area contributed by atoms with Crippen molar-refractivity contribution in [2.75, 3.05) is 18.4 Å². The van der Waals surface area contributed by atoms with Crippen molar-refractivity contribution in [2.45, 2.75) is 26.4 Å². The molecule has 2 aromatic rings. The van der Waals surface area contributed by atoms with Crippen LogP contribution in [0.5, 0.6) is 0 Å². The second kappa shape index (κ2) is 6.83. The Morgan fingerprint density at radius 2 is 2.05 bits per heavy atom. The molecule has 0 aliphatic heterocycles. The first-order valence-corrected chi connectivity index (χ1v) is 7.48. The fourth-order valence-corrected chi connectivity index (χ4v) is 2.18. The number of ether oxygens (including phenoxy) is 1. The van der Waals surface area contributed by atoms with Gasteiger partial charge in [0.05, 0.1) is 10.5 Å². The number of rotatable bonds is 4. The van der Waals surface area contributed by atoms with Crippen LogP contribution in [-0.4, -0.2) is 29.8 Å². The Balaban J connectivity index is 1.91. The van der Waals surface area contributed by atoms with Crippen LogP contribution in [-0.2, 0) is 4.74 Å². The van der Waals surface area contributed by atoms with Crippen LogP contribution in [0.25, 0.3) is 10.9 Å². The summed E-state index contributed by atoms with van der Waals surface area (Å²) >= 11 is 6.13. The number of anilines is 1. The maximum Gasteiger partial charge on any atom is 0.407 e. The summed E-state index contributed by atoms with van der Waals surface area (Å²) in [7, 11) is 0. The van der Waals surface area contributed by atoms with E-state index >= 15 is 0 Å². The topological polar surface area (TPSA) is 63.2 Å². The predicted octanol–water partition coefficient (Wildman–Crippen LogP) is 3.82. The Bertz CT molecular complexity index is 668. The van der Waals surface area contributed by atoms with E-state index in [-0.39, 0.29) is 0 Å². The zero-order chi connectivity index (χ0) is 16.2. The van der Waals surface area contributed by atoms with Gasteiger partial charge in [-0.3, -0.25) is 4.98 Å². The number of halogens is 1. The summed E-state index contributed by atoms with van der Waals surface area (Å²) in [6, 6.07) is 7.53. The Morgan fingerprint density at radius 1 is 1.27 bits per heavy atom. The SMILES string of the molecule is CC(C)(C)OC(=O)NCCNc1ccc(Cl)c2ncccc12. The van der Waals surface area contributed by atoms with Crippen LogP contribution < -0.4 is 10.6 Å².